The average Bonchev–Trinajstić information content (AvgIpc) is 3.97. The number of carbonyl (C=O) groups is 3. The van der Waals surface area contributed by atoms with E-state index in [-0.39, 0.29) is 103 Å². The van der Waals surface area contributed by atoms with E-state index in [0.29, 0.717) is 62.7 Å². The van der Waals surface area contributed by atoms with Crippen LogP contribution in [-0.2, 0) is 36.9 Å². The van der Waals surface area contributed by atoms with Crippen molar-refractivity contribution in [3.8, 4) is 17.2 Å². The highest BCUT2D eigenvalue weighted by molar-refractivity contribution is 6.11. The van der Waals surface area contributed by atoms with Gasteiger partial charge >= 0.3 is 5.97 Å². The number of allylic oxidation sites excluding steroid dienone is 3. The van der Waals surface area contributed by atoms with E-state index < -0.39 is 48.5 Å². The van der Waals surface area contributed by atoms with Crippen LogP contribution >= 0.6 is 0 Å². The van der Waals surface area contributed by atoms with Gasteiger partial charge in [0.05, 0.1) is 55.0 Å². The molecule has 4 unspecified atom stereocenters. The molecule has 5 N–H and O–H groups in total. The molecule has 0 amide bonds. The van der Waals surface area contributed by atoms with E-state index in [1.807, 2.05) is 24.3 Å². The first-order chi connectivity index (χ1) is 30.6. The Morgan fingerprint density at radius 2 is 1.81 bits per heavy atom. The molecule has 0 radical (unpaired) electrons. The molecule has 0 aromatic heterocycles. The molecule has 0 bridgehead atoms. The van der Waals surface area contributed by atoms with Gasteiger partial charge in [0.1, 0.15) is 34.7 Å². The number of piperidine rings is 1. The van der Waals surface area contributed by atoms with Gasteiger partial charge in [0.25, 0.3) is 0 Å². The molecule has 7 rings (SSSR count). The number of carbonyl (C=O) groups excluding carboxylic acids is 3. The lowest BCUT2D eigenvalue weighted by molar-refractivity contribution is -0.141. The van der Waals surface area contributed by atoms with Gasteiger partial charge in [-0.1, -0.05) is 17.7 Å². The second kappa shape index (κ2) is 21.0. The maximum Gasteiger partial charge on any atom is 0.375 e. The number of likely N-dealkylation sites (tertiary alicyclic amines) is 1. The third-order valence-corrected chi connectivity index (χ3v) is 13.4. The molecule has 4 aliphatic heterocycles. The molecule has 2 aromatic rings. The van der Waals surface area contributed by atoms with Gasteiger partial charge in [-0.2, -0.15) is 0 Å². The van der Waals surface area contributed by atoms with Crippen molar-refractivity contribution in [3.63, 3.8) is 0 Å². The largest absolute Gasteiger partial charge is 0.492 e. The zero-order valence-electron chi connectivity index (χ0n) is 36.4. The molecule has 15 nitrogen and oxygen atoms in total. The van der Waals surface area contributed by atoms with Gasteiger partial charge in [0.2, 0.25) is 5.76 Å². The van der Waals surface area contributed by atoms with E-state index in [1.54, 1.807) is 14.0 Å². The number of aliphatic hydroxyl groups excluding tert-OH is 4. The van der Waals surface area contributed by atoms with Crippen molar-refractivity contribution in [2.75, 3.05) is 72.9 Å². The molecular formula is C48H62N2O13. The minimum absolute atomic E-state index is 0.00276. The van der Waals surface area contributed by atoms with Crippen LogP contribution in [0.4, 0.5) is 0 Å². The Kier molecular flexibility index (Phi) is 15.5. The summed E-state index contributed by atoms with van der Waals surface area (Å²) in [7, 11) is 1.69. The van der Waals surface area contributed by atoms with Crippen LogP contribution < -0.4 is 24.8 Å². The molecule has 63 heavy (non-hydrogen) atoms. The zero-order valence-corrected chi connectivity index (χ0v) is 36.4. The SMILES string of the molecule is CCOC(=O)C1=C(C=O)C(=C2CC(CO)C(=O)C(c3ccc4c(c3)=CCN=4)C2)c2c(OCCCO)c3c(c(CO)c2O1)OC(C(O)(CCCCO)C1CCN(CCCOC)CC1)C3. The van der Waals surface area contributed by atoms with Gasteiger partial charge < -0.3 is 54.1 Å². The first-order valence-electron chi connectivity index (χ1n) is 22.5. The zero-order chi connectivity index (χ0) is 44.7. The van der Waals surface area contributed by atoms with E-state index in [9.17, 15) is 39.9 Å². The Morgan fingerprint density at radius 1 is 1.02 bits per heavy atom. The Balaban J connectivity index is 1.39. The fourth-order valence-electron chi connectivity index (χ4n) is 10.2. The molecule has 342 valence electrons. The second-order valence-electron chi connectivity index (χ2n) is 17.1. The van der Waals surface area contributed by atoms with Crippen molar-refractivity contribution in [3.05, 3.63) is 67.9 Å². The number of rotatable bonds is 20. The van der Waals surface area contributed by atoms with Crippen molar-refractivity contribution in [2.24, 2.45) is 16.8 Å². The summed E-state index contributed by atoms with van der Waals surface area (Å²) >= 11 is 0. The van der Waals surface area contributed by atoms with E-state index in [0.717, 1.165) is 42.2 Å². The third-order valence-electron chi connectivity index (χ3n) is 13.4. The quantitative estimate of drug-likeness (QED) is 0.0734. The van der Waals surface area contributed by atoms with Crippen LogP contribution in [0.25, 0.3) is 11.6 Å². The van der Waals surface area contributed by atoms with Crippen molar-refractivity contribution < 1.29 is 63.6 Å². The lowest BCUT2D eigenvalue weighted by atomic mass is 9.71. The highest BCUT2D eigenvalue weighted by atomic mass is 16.6. The molecule has 5 aliphatic rings. The van der Waals surface area contributed by atoms with E-state index in [4.69, 9.17) is 23.7 Å². The van der Waals surface area contributed by atoms with E-state index >= 15 is 0 Å². The molecule has 1 saturated carbocycles. The monoisotopic (exact) mass is 874 g/mol. The fourth-order valence-corrected chi connectivity index (χ4v) is 10.2. The number of Topliss-reactive ketones (excluding diaryl/α,β-unsaturated/α-hetero) is 1. The van der Waals surface area contributed by atoms with Crippen LogP contribution in [0.5, 0.6) is 17.2 Å². The van der Waals surface area contributed by atoms with Crippen LogP contribution in [0.3, 0.4) is 0 Å². The number of methoxy groups -OCH3 is 1. The lowest BCUT2D eigenvalue weighted by Gasteiger charge is -2.44. The summed E-state index contributed by atoms with van der Waals surface area (Å²) in [6.45, 7) is 3.97. The minimum atomic E-state index is -1.36. The number of benzene rings is 2. The van der Waals surface area contributed by atoms with Crippen molar-refractivity contribution in [1.29, 1.82) is 0 Å². The standard InChI is InChI=1S/C48H62N2O13/c1-3-60-47(57)46-36(27-54)40(31-23-32(26-53)42(56)34(24-31)29-8-9-38-30(22-29)10-14-49-38)41-44(61-21-7-19-52)35-25-39(62-43(35)37(28-55)45(41)63-46)48(58,13-4-5-18-51)33-11-16-50(17-12-33)15-6-20-59-2/h8-10,22,27,32-34,39,51-53,55,58H,3-7,11-21,23-26,28H2,1-2H3. The topological polar surface area (TPSA) is 214 Å². The van der Waals surface area contributed by atoms with E-state index in [1.165, 1.54) is 0 Å². The van der Waals surface area contributed by atoms with Crippen LogP contribution in [0.2, 0.25) is 0 Å². The number of aliphatic hydroxyl groups is 5. The van der Waals surface area contributed by atoms with Gasteiger partial charge in [-0.15, -0.1) is 0 Å². The first-order valence-corrected chi connectivity index (χ1v) is 22.5. The molecule has 4 atom stereocenters. The Bertz CT molecular complexity index is 2210. The highest BCUT2D eigenvalue weighted by Crippen LogP contribution is 2.57. The summed E-state index contributed by atoms with van der Waals surface area (Å²) in [5, 5.41) is 56.3. The number of ether oxygens (including phenoxy) is 5. The van der Waals surface area contributed by atoms with Crippen LogP contribution in [-0.4, -0.2) is 133 Å². The number of esters is 1. The predicted molar refractivity (Wildman–Crippen MR) is 231 cm³/mol. The number of hydrogen-bond acceptors (Lipinski definition) is 15. The maximum atomic E-state index is 14.1. The number of hydrogen-bond donors (Lipinski definition) is 5. The number of nitrogens with zero attached hydrogens (tertiary/aromatic N) is 2. The lowest BCUT2D eigenvalue weighted by Crippen LogP contribution is -2.54. The average molecular weight is 875 g/mol. The molecule has 0 spiro atoms. The Hall–Kier alpha value is -4.48. The molecule has 2 fully saturated rings. The molecule has 2 aromatic carbocycles. The maximum absolute atomic E-state index is 14.1. The molecule has 1 aliphatic carbocycles. The van der Waals surface area contributed by atoms with Crippen LogP contribution in [0.15, 0.2) is 40.1 Å². The molecule has 15 heteroatoms. The van der Waals surface area contributed by atoms with Gasteiger partial charge in [-0.05, 0) is 100 Å². The van der Waals surface area contributed by atoms with Gasteiger partial charge in [0, 0.05) is 69.3 Å². The summed E-state index contributed by atoms with van der Waals surface area (Å²) in [5.41, 5.74) is 1.04. The second-order valence-corrected chi connectivity index (χ2v) is 17.1. The number of ketones is 1. The summed E-state index contributed by atoms with van der Waals surface area (Å²) in [5.74, 6) is -2.75. The van der Waals surface area contributed by atoms with Crippen molar-refractivity contribution in [2.45, 2.75) is 95.4 Å². The van der Waals surface area contributed by atoms with Gasteiger partial charge in [-0.3, -0.25) is 14.6 Å². The summed E-state index contributed by atoms with van der Waals surface area (Å²) < 4.78 is 30.5. The van der Waals surface area contributed by atoms with Crippen molar-refractivity contribution in [1.82, 2.24) is 4.90 Å². The van der Waals surface area contributed by atoms with Gasteiger partial charge in [0.15, 0.2) is 6.29 Å². The minimum Gasteiger partial charge on any atom is -0.492 e. The molecular weight excluding hydrogens is 813 g/mol. The summed E-state index contributed by atoms with van der Waals surface area (Å²) in [6.07, 6.45) is 5.94. The Morgan fingerprint density at radius 3 is 2.51 bits per heavy atom. The Labute approximate surface area is 367 Å². The highest BCUT2D eigenvalue weighted by Gasteiger charge is 2.51. The first kappa shape index (κ1) is 46.5. The molecule has 4 heterocycles. The molecule has 1 saturated heterocycles. The van der Waals surface area contributed by atoms with E-state index in [2.05, 4.69) is 9.89 Å². The summed E-state index contributed by atoms with van der Waals surface area (Å²) in [4.78, 5) is 48.2. The normalized spacial score (nSPS) is 23.2. The number of fused-ring (bicyclic) bond motifs is 3. The smallest absolute Gasteiger partial charge is 0.375 e. The number of unbranched alkanes of at least 4 members (excludes halogenated alkanes) is 1. The summed E-state index contributed by atoms with van der Waals surface area (Å²) in [6, 6.07) is 5.66. The van der Waals surface area contributed by atoms with Crippen LogP contribution in [0, 0.1) is 11.8 Å². The van der Waals surface area contributed by atoms with Crippen LogP contribution in [0.1, 0.15) is 92.9 Å². The fraction of sp³-hybridized carbons (Fsp3) is 0.583. The van der Waals surface area contributed by atoms with Gasteiger partial charge in [-0.25, -0.2) is 4.79 Å². The third kappa shape index (κ3) is 9.38. The number of aldehydes is 1. The predicted octanol–water partition coefficient (Wildman–Crippen LogP) is 2.22. The van der Waals surface area contributed by atoms with Crippen molar-refractivity contribution >= 4 is 29.7 Å².